The molecule has 0 amide bonds. The number of aryl methyl sites for hydroxylation is 2. The van der Waals surface area contributed by atoms with Crippen molar-refractivity contribution < 1.29 is 8.42 Å². The Morgan fingerprint density at radius 2 is 1.33 bits per heavy atom. The molecule has 6 nitrogen and oxygen atoms in total. The fourth-order valence-electron chi connectivity index (χ4n) is 4.34. The van der Waals surface area contributed by atoms with Crippen molar-refractivity contribution in [3.05, 3.63) is 83.2 Å². The van der Waals surface area contributed by atoms with Gasteiger partial charge in [-0.25, -0.2) is 8.42 Å². The number of benzene rings is 2. The van der Waals surface area contributed by atoms with Gasteiger partial charge in [-0.15, -0.1) is 0 Å². The van der Waals surface area contributed by atoms with Gasteiger partial charge in [-0.2, -0.15) is 9.40 Å². The van der Waals surface area contributed by atoms with Crippen molar-refractivity contribution in [1.29, 1.82) is 0 Å². The van der Waals surface area contributed by atoms with Crippen LogP contribution in [0.5, 0.6) is 0 Å². The summed E-state index contributed by atoms with van der Waals surface area (Å²) in [5.41, 5.74) is 3.68. The smallest absolute Gasteiger partial charge is 0.246 e. The van der Waals surface area contributed by atoms with Gasteiger partial charge in [0.2, 0.25) is 10.0 Å². The number of piperazine rings is 1. The summed E-state index contributed by atoms with van der Waals surface area (Å²) in [6.07, 6.45) is 0. The number of nitrogens with zero attached hydrogens (tertiary/aromatic N) is 4. The summed E-state index contributed by atoms with van der Waals surface area (Å²) in [6, 6.07) is 20.9. The average molecular weight is 425 g/mol. The maximum Gasteiger partial charge on any atom is 0.246 e. The summed E-state index contributed by atoms with van der Waals surface area (Å²) in [5.74, 6) is 0. The quantitative estimate of drug-likeness (QED) is 0.631. The number of aromatic nitrogens is 2. The van der Waals surface area contributed by atoms with Crippen molar-refractivity contribution in [2.45, 2.75) is 24.8 Å². The van der Waals surface area contributed by atoms with E-state index in [4.69, 9.17) is 0 Å². The van der Waals surface area contributed by atoms with E-state index in [0.717, 1.165) is 0 Å². The molecule has 0 spiro atoms. The first-order chi connectivity index (χ1) is 14.4. The molecule has 0 atom stereocenters. The third-order valence-electron chi connectivity index (χ3n) is 5.91. The first-order valence-electron chi connectivity index (χ1n) is 10.2. The highest BCUT2D eigenvalue weighted by atomic mass is 32.2. The lowest BCUT2D eigenvalue weighted by Crippen LogP contribution is -2.49. The van der Waals surface area contributed by atoms with Gasteiger partial charge in [0, 0.05) is 33.2 Å². The van der Waals surface area contributed by atoms with Crippen molar-refractivity contribution in [3.63, 3.8) is 0 Å². The molecule has 0 saturated carbocycles. The van der Waals surface area contributed by atoms with Gasteiger partial charge >= 0.3 is 0 Å². The molecule has 158 valence electrons. The minimum atomic E-state index is -3.56. The Labute approximate surface area is 178 Å². The Morgan fingerprint density at radius 1 is 0.833 bits per heavy atom. The Morgan fingerprint density at radius 3 is 1.77 bits per heavy atom. The summed E-state index contributed by atoms with van der Waals surface area (Å²) < 4.78 is 29.9. The third-order valence-corrected chi connectivity index (χ3v) is 8.06. The highest BCUT2D eigenvalue weighted by Gasteiger charge is 2.35. The minimum Gasteiger partial charge on any atom is -0.290 e. The molecule has 1 fully saturated rings. The molecule has 4 rings (SSSR count). The molecule has 0 aliphatic carbocycles. The van der Waals surface area contributed by atoms with E-state index >= 15 is 0 Å². The highest BCUT2D eigenvalue weighted by molar-refractivity contribution is 7.89. The fourth-order valence-corrected chi connectivity index (χ4v) is 6.17. The summed E-state index contributed by atoms with van der Waals surface area (Å²) in [5, 5.41) is 4.29. The van der Waals surface area contributed by atoms with Crippen LogP contribution in [0.4, 0.5) is 0 Å². The molecule has 0 radical (unpaired) electrons. The largest absolute Gasteiger partial charge is 0.290 e. The van der Waals surface area contributed by atoms with Crippen LogP contribution in [-0.4, -0.2) is 53.6 Å². The van der Waals surface area contributed by atoms with E-state index in [1.54, 1.807) is 23.0 Å². The molecule has 2 heterocycles. The molecule has 0 unspecified atom stereocenters. The van der Waals surface area contributed by atoms with E-state index in [0.29, 0.717) is 42.5 Å². The zero-order valence-corrected chi connectivity index (χ0v) is 18.5. The fraction of sp³-hybridized carbons (Fsp3) is 0.348. The van der Waals surface area contributed by atoms with Crippen molar-refractivity contribution in [3.8, 4) is 0 Å². The third kappa shape index (κ3) is 3.80. The summed E-state index contributed by atoms with van der Waals surface area (Å²) in [6.45, 7) is 5.84. The zero-order valence-electron chi connectivity index (χ0n) is 17.7. The predicted octanol–water partition coefficient (Wildman–Crippen LogP) is 3.13. The van der Waals surface area contributed by atoms with Crippen molar-refractivity contribution in [2.75, 3.05) is 26.2 Å². The Balaban J connectivity index is 1.58. The zero-order chi connectivity index (χ0) is 21.3. The van der Waals surface area contributed by atoms with E-state index in [2.05, 4.69) is 58.5 Å². The normalized spacial score (nSPS) is 16.3. The molecule has 7 heteroatoms. The van der Waals surface area contributed by atoms with Crippen molar-refractivity contribution in [2.24, 2.45) is 7.05 Å². The second kappa shape index (κ2) is 8.34. The molecule has 1 saturated heterocycles. The molecule has 1 aromatic heterocycles. The monoisotopic (exact) mass is 424 g/mol. The van der Waals surface area contributed by atoms with Gasteiger partial charge in [0.05, 0.1) is 17.4 Å². The molecule has 3 aromatic rings. The molecule has 2 aromatic carbocycles. The lowest BCUT2D eigenvalue weighted by Gasteiger charge is -2.39. The van der Waals surface area contributed by atoms with E-state index in [9.17, 15) is 8.42 Å². The van der Waals surface area contributed by atoms with Crippen molar-refractivity contribution >= 4 is 10.0 Å². The maximum atomic E-state index is 13.3. The SMILES string of the molecule is Cc1nn(C)c(C)c1S(=O)(=O)N1CCN(C(c2ccccc2)c2ccccc2)CC1. The number of sulfonamides is 1. The van der Waals surface area contributed by atoms with Crippen LogP contribution in [0, 0.1) is 13.8 Å². The molecule has 0 N–H and O–H groups in total. The molecular formula is C23H28N4O2S. The maximum absolute atomic E-state index is 13.3. The van der Waals surface area contributed by atoms with Crippen LogP contribution in [0.15, 0.2) is 65.6 Å². The first-order valence-corrected chi connectivity index (χ1v) is 11.7. The molecule has 0 bridgehead atoms. The van der Waals surface area contributed by atoms with Crippen LogP contribution in [0.1, 0.15) is 28.6 Å². The standard InChI is InChI=1S/C23H28N4O2S/c1-18-23(19(2)25(3)24-18)30(28,29)27-16-14-26(15-17-27)22(20-10-6-4-7-11-20)21-12-8-5-9-13-21/h4-13,22H,14-17H2,1-3H3. The number of hydrogen-bond acceptors (Lipinski definition) is 4. The van der Waals surface area contributed by atoms with E-state index in [1.807, 2.05) is 19.1 Å². The van der Waals surface area contributed by atoms with Crippen LogP contribution in [0.25, 0.3) is 0 Å². The topological polar surface area (TPSA) is 58.4 Å². The average Bonchev–Trinajstić information content (AvgIpc) is 3.02. The predicted molar refractivity (Wildman–Crippen MR) is 118 cm³/mol. The van der Waals surface area contributed by atoms with E-state index in [1.165, 1.54) is 11.1 Å². The van der Waals surface area contributed by atoms with Gasteiger partial charge in [-0.3, -0.25) is 9.58 Å². The summed E-state index contributed by atoms with van der Waals surface area (Å²) >= 11 is 0. The second-order valence-electron chi connectivity index (χ2n) is 7.79. The number of hydrogen-bond donors (Lipinski definition) is 0. The van der Waals surface area contributed by atoms with Gasteiger partial charge in [0.25, 0.3) is 0 Å². The first kappa shape index (κ1) is 20.8. The van der Waals surface area contributed by atoms with Gasteiger partial charge in [0.15, 0.2) is 0 Å². The van der Waals surface area contributed by atoms with Crippen LogP contribution < -0.4 is 0 Å². The Bertz CT molecular complexity index is 1060. The van der Waals surface area contributed by atoms with E-state index in [-0.39, 0.29) is 6.04 Å². The van der Waals surface area contributed by atoms with Gasteiger partial charge in [-0.1, -0.05) is 60.7 Å². The molecule has 1 aliphatic heterocycles. The lowest BCUT2D eigenvalue weighted by molar-refractivity contribution is 0.155. The van der Waals surface area contributed by atoms with Crippen LogP contribution in [-0.2, 0) is 17.1 Å². The highest BCUT2D eigenvalue weighted by Crippen LogP contribution is 2.31. The molecule has 30 heavy (non-hydrogen) atoms. The van der Waals surface area contributed by atoms with Gasteiger partial charge in [-0.05, 0) is 25.0 Å². The molecular weight excluding hydrogens is 396 g/mol. The van der Waals surface area contributed by atoms with Gasteiger partial charge in [0.1, 0.15) is 4.90 Å². The van der Waals surface area contributed by atoms with Crippen LogP contribution in [0.2, 0.25) is 0 Å². The van der Waals surface area contributed by atoms with Crippen molar-refractivity contribution in [1.82, 2.24) is 19.0 Å². The molecule has 1 aliphatic rings. The number of rotatable bonds is 5. The van der Waals surface area contributed by atoms with Crippen LogP contribution in [0.3, 0.4) is 0 Å². The summed E-state index contributed by atoms with van der Waals surface area (Å²) in [4.78, 5) is 2.72. The second-order valence-corrected chi connectivity index (χ2v) is 9.66. The lowest BCUT2D eigenvalue weighted by atomic mass is 9.96. The summed E-state index contributed by atoms with van der Waals surface area (Å²) in [7, 11) is -1.78. The Kier molecular flexibility index (Phi) is 5.77. The van der Waals surface area contributed by atoms with Crippen LogP contribution >= 0.6 is 0 Å². The van der Waals surface area contributed by atoms with E-state index < -0.39 is 10.0 Å². The minimum absolute atomic E-state index is 0.110. The van der Waals surface area contributed by atoms with Gasteiger partial charge < -0.3 is 0 Å². The Hall–Kier alpha value is -2.48.